The van der Waals surface area contributed by atoms with Gasteiger partial charge in [-0.2, -0.15) is 0 Å². The molecule has 0 aliphatic heterocycles. The summed E-state index contributed by atoms with van der Waals surface area (Å²) in [5.74, 6) is -2.05. The second kappa shape index (κ2) is 6.66. The average Bonchev–Trinajstić information content (AvgIpc) is 2.53. The summed E-state index contributed by atoms with van der Waals surface area (Å²) in [6.07, 6.45) is 2.46. The van der Waals surface area contributed by atoms with Crippen molar-refractivity contribution < 1.29 is 23.5 Å². The molecule has 0 spiro atoms. The number of carbonyl (C=O) groups excluding carboxylic acids is 2. The van der Waals surface area contributed by atoms with Crippen molar-refractivity contribution in [3.8, 4) is 0 Å². The van der Waals surface area contributed by atoms with Crippen LogP contribution in [-0.2, 0) is 19.1 Å². The second-order valence-corrected chi connectivity index (χ2v) is 4.23. The van der Waals surface area contributed by atoms with Gasteiger partial charge in [-0.15, -0.1) is 0 Å². The third-order valence-corrected chi connectivity index (χ3v) is 2.81. The maximum Gasteiger partial charge on any atom is 0.354 e. The third-order valence-electron chi connectivity index (χ3n) is 2.81. The summed E-state index contributed by atoms with van der Waals surface area (Å²) in [5.41, 5.74) is 0.492. The number of carbonyl (C=O) groups is 2. The average molecular weight is 304 g/mol. The highest BCUT2D eigenvalue weighted by Gasteiger charge is 2.15. The van der Waals surface area contributed by atoms with Gasteiger partial charge in [0.05, 0.1) is 31.5 Å². The van der Waals surface area contributed by atoms with Gasteiger partial charge in [0.2, 0.25) is 0 Å². The predicted molar refractivity (Wildman–Crippen MR) is 77.4 cm³/mol. The number of hydrogen-bond acceptors (Lipinski definition) is 6. The number of ether oxygens (including phenoxy) is 2. The zero-order valence-electron chi connectivity index (χ0n) is 11.9. The molecule has 0 unspecified atom stereocenters. The monoisotopic (exact) mass is 304 g/mol. The molecule has 1 N–H and O–H groups in total. The lowest BCUT2D eigenvalue weighted by Crippen LogP contribution is -2.16. The van der Waals surface area contributed by atoms with Gasteiger partial charge in [0.25, 0.3) is 0 Å². The molecule has 0 bridgehead atoms. The molecule has 0 atom stereocenters. The Morgan fingerprint density at radius 2 is 2.05 bits per heavy atom. The van der Waals surface area contributed by atoms with Gasteiger partial charge in [-0.25, -0.2) is 14.0 Å². The SMILES string of the molecule is COC(=O)/C=C(\Nc1cc(F)cc2cccnc12)C(=O)OC. The number of anilines is 1. The van der Waals surface area contributed by atoms with Crippen LogP contribution in [0.4, 0.5) is 10.1 Å². The molecule has 0 fully saturated rings. The van der Waals surface area contributed by atoms with Gasteiger partial charge in [-0.3, -0.25) is 4.98 Å². The molecule has 2 aromatic rings. The van der Waals surface area contributed by atoms with Crippen LogP contribution < -0.4 is 5.32 Å². The maximum absolute atomic E-state index is 13.7. The number of rotatable bonds is 4. The number of fused-ring (bicyclic) bond motifs is 1. The van der Waals surface area contributed by atoms with Crippen LogP contribution in [0.3, 0.4) is 0 Å². The first-order chi connectivity index (χ1) is 10.5. The molecular formula is C15H13FN2O4. The fourth-order valence-electron chi connectivity index (χ4n) is 1.83. The molecule has 1 aromatic carbocycles. The van der Waals surface area contributed by atoms with E-state index >= 15 is 0 Å². The summed E-state index contributed by atoms with van der Waals surface area (Å²) in [7, 11) is 2.34. The molecule has 22 heavy (non-hydrogen) atoms. The highest BCUT2D eigenvalue weighted by Crippen LogP contribution is 2.24. The van der Waals surface area contributed by atoms with E-state index in [0.717, 1.165) is 13.2 Å². The van der Waals surface area contributed by atoms with Crippen molar-refractivity contribution in [2.45, 2.75) is 0 Å². The van der Waals surface area contributed by atoms with Gasteiger partial charge >= 0.3 is 11.9 Å². The number of esters is 2. The lowest BCUT2D eigenvalue weighted by Gasteiger charge is -2.11. The van der Waals surface area contributed by atoms with E-state index in [4.69, 9.17) is 0 Å². The summed E-state index contributed by atoms with van der Waals surface area (Å²) < 4.78 is 22.7. The van der Waals surface area contributed by atoms with E-state index in [9.17, 15) is 14.0 Å². The topological polar surface area (TPSA) is 77.5 Å². The molecule has 0 aliphatic rings. The van der Waals surface area contributed by atoms with Gasteiger partial charge in [0, 0.05) is 11.6 Å². The van der Waals surface area contributed by atoms with Crippen LogP contribution in [0.15, 0.2) is 42.2 Å². The summed E-state index contributed by atoms with van der Waals surface area (Å²) in [6, 6.07) is 5.83. The maximum atomic E-state index is 13.7. The normalized spacial score (nSPS) is 11.1. The Balaban J connectivity index is 2.48. The first-order valence-corrected chi connectivity index (χ1v) is 6.24. The van der Waals surface area contributed by atoms with Crippen molar-refractivity contribution in [2.75, 3.05) is 19.5 Å². The van der Waals surface area contributed by atoms with Crippen molar-refractivity contribution in [3.05, 3.63) is 48.1 Å². The Labute approximate surface area is 125 Å². The van der Waals surface area contributed by atoms with Crippen molar-refractivity contribution in [2.24, 2.45) is 0 Å². The first-order valence-electron chi connectivity index (χ1n) is 6.24. The van der Waals surface area contributed by atoms with Crippen molar-refractivity contribution >= 4 is 28.5 Å². The van der Waals surface area contributed by atoms with Crippen LogP contribution in [0.25, 0.3) is 10.9 Å². The summed E-state index contributed by atoms with van der Waals surface area (Å²) in [6.45, 7) is 0. The fourth-order valence-corrected chi connectivity index (χ4v) is 1.83. The largest absolute Gasteiger partial charge is 0.466 e. The van der Waals surface area contributed by atoms with Crippen LogP contribution in [0.5, 0.6) is 0 Å². The minimum atomic E-state index is -0.793. The number of benzene rings is 1. The molecule has 0 radical (unpaired) electrons. The van der Waals surface area contributed by atoms with Gasteiger partial charge in [-0.1, -0.05) is 6.07 Å². The Kier molecular flexibility index (Phi) is 4.67. The number of halogens is 1. The van der Waals surface area contributed by atoms with E-state index in [-0.39, 0.29) is 11.4 Å². The Morgan fingerprint density at radius 1 is 1.27 bits per heavy atom. The molecule has 114 valence electrons. The van der Waals surface area contributed by atoms with Crippen LogP contribution in [0, 0.1) is 5.82 Å². The highest BCUT2D eigenvalue weighted by atomic mass is 19.1. The lowest BCUT2D eigenvalue weighted by atomic mass is 10.2. The number of hydrogen-bond donors (Lipinski definition) is 1. The van der Waals surface area contributed by atoms with Crippen molar-refractivity contribution in [3.63, 3.8) is 0 Å². The van der Waals surface area contributed by atoms with Gasteiger partial charge in [0.15, 0.2) is 0 Å². The molecule has 0 saturated heterocycles. The molecule has 7 heteroatoms. The van der Waals surface area contributed by atoms with Crippen LogP contribution in [-0.4, -0.2) is 31.1 Å². The summed E-state index contributed by atoms with van der Waals surface area (Å²) in [4.78, 5) is 27.2. The number of methoxy groups -OCH3 is 2. The number of pyridine rings is 1. The molecule has 2 rings (SSSR count). The van der Waals surface area contributed by atoms with E-state index in [0.29, 0.717) is 10.9 Å². The minimum absolute atomic E-state index is 0.188. The number of aromatic nitrogens is 1. The third kappa shape index (κ3) is 3.38. The molecule has 0 saturated carbocycles. The zero-order chi connectivity index (χ0) is 16.1. The molecular weight excluding hydrogens is 291 g/mol. The minimum Gasteiger partial charge on any atom is -0.466 e. The molecule has 0 aliphatic carbocycles. The van der Waals surface area contributed by atoms with Crippen molar-refractivity contribution in [1.29, 1.82) is 0 Å². The predicted octanol–water partition coefficient (Wildman–Crippen LogP) is 2.02. The molecule has 1 aromatic heterocycles. The van der Waals surface area contributed by atoms with Crippen LogP contribution >= 0.6 is 0 Å². The van der Waals surface area contributed by atoms with Crippen LogP contribution in [0.1, 0.15) is 0 Å². The smallest absolute Gasteiger partial charge is 0.354 e. The molecule has 6 nitrogen and oxygen atoms in total. The van der Waals surface area contributed by atoms with E-state index in [2.05, 4.69) is 19.8 Å². The van der Waals surface area contributed by atoms with E-state index in [1.807, 2.05) is 0 Å². The summed E-state index contributed by atoms with van der Waals surface area (Å²) in [5, 5.41) is 3.21. The quantitative estimate of drug-likeness (QED) is 0.688. The van der Waals surface area contributed by atoms with Gasteiger partial charge in [0.1, 0.15) is 11.5 Å². The van der Waals surface area contributed by atoms with E-state index in [1.54, 1.807) is 12.1 Å². The number of nitrogens with zero attached hydrogens (tertiary/aromatic N) is 1. The van der Waals surface area contributed by atoms with Gasteiger partial charge in [-0.05, 0) is 18.2 Å². The summed E-state index contributed by atoms with van der Waals surface area (Å²) >= 11 is 0. The Bertz CT molecular complexity index is 758. The Hall–Kier alpha value is -2.96. The van der Waals surface area contributed by atoms with Gasteiger partial charge < -0.3 is 14.8 Å². The second-order valence-electron chi connectivity index (χ2n) is 4.23. The Morgan fingerprint density at radius 3 is 2.73 bits per heavy atom. The zero-order valence-corrected chi connectivity index (χ0v) is 11.9. The van der Waals surface area contributed by atoms with E-state index in [1.165, 1.54) is 25.4 Å². The van der Waals surface area contributed by atoms with Crippen molar-refractivity contribution in [1.82, 2.24) is 4.98 Å². The molecule has 0 amide bonds. The number of nitrogens with one attached hydrogen (secondary N) is 1. The standard InChI is InChI=1S/C15H13FN2O4/c1-21-13(19)8-12(15(20)22-2)18-11-7-10(16)6-9-4-3-5-17-14(9)11/h3-8,18H,1-2H3/b12-8-. The lowest BCUT2D eigenvalue weighted by molar-refractivity contribution is -0.138. The van der Waals surface area contributed by atoms with Crippen LogP contribution in [0.2, 0.25) is 0 Å². The molecule has 1 heterocycles. The first kappa shape index (κ1) is 15.4. The van der Waals surface area contributed by atoms with E-state index < -0.39 is 17.8 Å². The fraction of sp³-hybridized carbons (Fsp3) is 0.133. The highest BCUT2D eigenvalue weighted by molar-refractivity contribution is 6.01.